The number of hydrogen-bond donors (Lipinski definition) is 1. The van der Waals surface area contributed by atoms with Crippen LogP contribution in [0.3, 0.4) is 0 Å². The van der Waals surface area contributed by atoms with Gasteiger partial charge < -0.3 is 5.73 Å². The SMILES string of the molecule is NC(=O)C1=CC=C(C(F)(F)F)CC1. The second kappa shape index (κ2) is 3.24. The summed E-state index contributed by atoms with van der Waals surface area (Å²) >= 11 is 0. The summed E-state index contributed by atoms with van der Waals surface area (Å²) in [5.41, 5.74) is 4.53. The van der Waals surface area contributed by atoms with Crippen LogP contribution in [0.5, 0.6) is 0 Å². The van der Waals surface area contributed by atoms with Crippen LogP contribution < -0.4 is 5.73 Å². The van der Waals surface area contributed by atoms with E-state index in [1.54, 1.807) is 0 Å². The molecule has 0 unspecified atom stereocenters. The molecule has 2 nitrogen and oxygen atoms in total. The largest absolute Gasteiger partial charge is 0.412 e. The second-order valence-electron chi connectivity index (χ2n) is 2.75. The third-order valence-corrected chi connectivity index (χ3v) is 1.83. The number of alkyl halides is 3. The number of allylic oxidation sites excluding steroid dienone is 3. The zero-order valence-corrected chi connectivity index (χ0v) is 6.69. The van der Waals surface area contributed by atoms with Crippen LogP contribution in [0.4, 0.5) is 13.2 Å². The van der Waals surface area contributed by atoms with Crippen molar-refractivity contribution in [2.45, 2.75) is 19.0 Å². The first kappa shape index (κ1) is 9.83. The molecule has 0 fully saturated rings. The Balaban J connectivity index is 2.82. The molecule has 0 saturated heterocycles. The Bertz CT molecular complexity index is 288. The Morgan fingerprint density at radius 2 is 1.92 bits per heavy atom. The average Bonchev–Trinajstić information content (AvgIpc) is 2.03. The Labute approximate surface area is 72.9 Å². The summed E-state index contributed by atoms with van der Waals surface area (Å²) in [7, 11) is 0. The van der Waals surface area contributed by atoms with Crippen LogP contribution in [0.2, 0.25) is 0 Å². The van der Waals surface area contributed by atoms with Crippen molar-refractivity contribution in [3.05, 3.63) is 23.3 Å². The normalized spacial score (nSPS) is 17.8. The van der Waals surface area contributed by atoms with E-state index in [1.807, 2.05) is 0 Å². The van der Waals surface area contributed by atoms with E-state index in [-0.39, 0.29) is 18.4 Å². The van der Waals surface area contributed by atoms with Gasteiger partial charge in [0.05, 0.1) is 0 Å². The molecular weight excluding hydrogens is 183 g/mol. The Hall–Kier alpha value is -1.26. The van der Waals surface area contributed by atoms with Crippen LogP contribution in [0.15, 0.2) is 23.3 Å². The minimum absolute atomic E-state index is 0.0701. The number of carbonyl (C=O) groups excluding carboxylic acids is 1. The monoisotopic (exact) mass is 191 g/mol. The molecule has 0 heterocycles. The summed E-state index contributed by atoms with van der Waals surface area (Å²) in [6.07, 6.45) is -2.35. The van der Waals surface area contributed by atoms with Gasteiger partial charge in [-0.05, 0) is 12.8 Å². The maximum Gasteiger partial charge on any atom is 0.412 e. The van der Waals surface area contributed by atoms with E-state index in [0.29, 0.717) is 0 Å². The van der Waals surface area contributed by atoms with Crippen LogP contribution in [0.25, 0.3) is 0 Å². The molecule has 13 heavy (non-hydrogen) atoms. The summed E-state index contributed by atoms with van der Waals surface area (Å²) in [5, 5.41) is 0. The number of hydrogen-bond acceptors (Lipinski definition) is 1. The molecule has 0 bridgehead atoms. The van der Waals surface area contributed by atoms with Crippen molar-refractivity contribution in [2.24, 2.45) is 5.73 Å². The van der Waals surface area contributed by atoms with Crippen molar-refractivity contribution >= 4 is 5.91 Å². The first-order chi connectivity index (χ1) is 5.91. The molecule has 0 saturated carbocycles. The van der Waals surface area contributed by atoms with Gasteiger partial charge >= 0.3 is 6.18 Å². The first-order valence-electron chi connectivity index (χ1n) is 3.68. The molecule has 0 spiro atoms. The Morgan fingerprint density at radius 1 is 1.31 bits per heavy atom. The maximum atomic E-state index is 12.1. The van der Waals surface area contributed by atoms with Crippen LogP contribution in [-0.4, -0.2) is 12.1 Å². The summed E-state index contributed by atoms with van der Waals surface area (Å²) in [6.45, 7) is 0. The standard InChI is InChI=1S/C8H8F3NO/c9-8(10,11)6-3-1-5(2-4-6)7(12)13/h1,3H,2,4H2,(H2,12,13). The minimum Gasteiger partial charge on any atom is -0.366 e. The smallest absolute Gasteiger partial charge is 0.366 e. The topological polar surface area (TPSA) is 43.1 Å². The predicted octanol–water partition coefficient (Wildman–Crippen LogP) is 1.68. The Kier molecular flexibility index (Phi) is 2.45. The van der Waals surface area contributed by atoms with E-state index in [9.17, 15) is 18.0 Å². The number of carbonyl (C=O) groups is 1. The van der Waals surface area contributed by atoms with Crippen molar-refractivity contribution in [3.63, 3.8) is 0 Å². The molecule has 1 rings (SSSR count). The molecule has 1 aliphatic rings. The highest BCUT2D eigenvalue weighted by Crippen LogP contribution is 2.32. The van der Waals surface area contributed by atoms with Gasteiger partial charge in [-0.3, -0.25) is 4.79 Å². The summed E-state index contributed by atoms with van der Waals surface area (Å²) < 4.78 is 36.2. The molecular formula is C8H8F3NO. The third kappa shape index (κ3) is 2.34. The lowest BCUT2D eigenvalue weighted by Gasteiger charge is -2.14. The van der Waals surface area contributed by atoms with Gasteiger partial charge in [0.2, 0.25) is 5.91 Å². The third-order valence-electron chi connectivity index (χ3n) is 1.83. The zero-order valence-electron chi connectivity index (χ0n) is 6.69. The van der Waals surface area contributed by atoms with Gasteiger partial charge in [0, 0.05) is 11.1 Å². The molecule has 1 aliphatic carbocycles. The quantitative estimate of drug-likeness (QED) is 0.673. The van der Waals surface area contributed by atoms with Gasteiger partial charge in [-0.1, -0.05) is 12.2 Å². The molecule has 5 heteroatoms. The van der Waals surface area contributed by atoms with Crippen LogP contribution in [-0.2, 0) is 4.79 Å². The molecule has 0 atom stereocenters. The highest BCUT2D eigenvalue weighted by molar-refractivity contribution is 5.92. The van der Waals surface area contributed by atoms with Crippen LogP contribution in [0.1, 0.15) is 12.8 Å². The van der Waals surface area contributed by atoms with E-state index in [1.165, 1.54) is 0 Å². The number of primary amides is 1. The summed E-state index contributed by atoms with van der Waals surface area (Å²) in [5.74, 6) is -0.655. The average molecular weight is 191 g/mol. The van der Waals surface area contributed by atoms with E-state index in [4.69, 9.17) is 5.73 Å². The molecule has 0 aromatic rings. The summed E-state index contributed by atoms with van der Waals surface area (Å²) in [4.78, 5) is 10.6. The van der Waals surface area contributed by atoms with E-state index in [0.717, 1.165) is 12.2 Å². The molecule has 0 aromatic carbocycles. The molecule has 0 aromatic heterocycles. The van der Waals surface area contributed by atoms with E-state index >= 15 is 0 Å². The van der Waals surface area contributed by atoms with Crippen molar-refractivity contribution in [3.8, 4) is 0 Å². The summed E-state index contributed by atoms with van der Waals surface area (Å²) in [6, 6.07) is 0. The van der Waals surface area contributed by atoms with Crippen LogP contribution in [0, 0.1) is 0 Å². The van der Waals surface area contributed by atoms with Gasteiger partial charge in [-0.15, -0.1) is 0 Å². The van der Waals surface area contributed by atoms with E-state index in [2.05, 4.69) is 0 Å². The number of amides is 1. The van der Waals surface area contributed by atoms with Crippen molar-refractivity contribution in [1.82, 2.24) is 0 Å². The maximum absolute atomic E-state index is 12.1. The van der Waals surface area contributed by atoms with Crippen molar-refractivity contribution in [1.29, 1.82) is 0 Å². The predicted molar refractivity (Wildman–Crippen MR) is 40.6 cm³/mol. The lowest BCUT2D eigenvalue weighted by Crippen LogP contribution is -2.19. The van der Waals surface area contributed by atoms with E-state index < -0.39 is 17.7 Å². The Morgan fingerprint density at radius 3 is 2.23 bits per heavy atom. The highest BCUT2D eigenvalue weighted by atomic mass is 19.4. The second-order valence-corrected chi connectivity index (χ2v) is 2.75. The number of halogens is 3. The van der Waals surface area contributed by atoms with Gasteiger partial charge in [0.1, 0.15) is 0 Å². The first-order valence-corrected chi connectivity index (χ1v) is 3.68. The van der Waals surface area contributed by atoms with Gasteiger partial charge in [0.15, 0.2) is 0 Å². The fraction of sp³-hybridized carbons (Fsp3) is 0.375. The molecule has 1 amide bonds. The lowest BCUT2D eigenvalue weighted by molar-refractivity contribution is -0.115. The minimum atomic E-state index is -4.29. The number of rotatable bonds is 1. The fourth-order valence-electron chi connectivity index (χ4n) is 1.08. The highest BCUT2D eigenvalue weighted by Gasteiger charge is 2.33. The number of nitrogens with two attached hydrogens (primary N) is 1. The van der Waals surface area contributed by atoms with Gasteiger partial charge in [0.25, 0.3) is 0 Å². The van der Waals surface area contributed by atoms with Gasteiger partial charge in [-0.2, -0.15) is 13.2 Å². The lowest BCUT2D eigenvalue weighted by atomic mass is 9.98. The molecule has 0 aliphatic heterocycles. The zero-order chi connectivity index (χ0) is 10.1. The van der Waals surface area contributed by atoms with Crippen molar-refractivity contribution < 1.29 is 18.0 Å². The van der Waals surface area contributed by atoms with Crippen molar-refractivity contribution in [2.75, 3.05) is 0 Å². The molecule has 2 N–H and O–H groups in total. The fourth-order valence-corrected chi connectivity index (χ4v) is 1.08. The molecule has 0 radical (unpaired) electrons. The van der Waals surface area contributed by atoms with Gasteiger partial charge in [-0.25, -0.2) is 0 Å². The van der Waals surface area contributed by atoms with Crippen LogP contribution >= 0.6 is 0 Å². The molecule has 72 valence electrons.